The van der Waals surface area contributed by atoms with Gasteiger partial charge in [0, 0.05) is 37.5 Å². The number of aryl methyl sites for hydroxylation is 2. The van der Waals surface area contributed by atoms with Gasteiger partial charge in [0.05, 0.1) is 22.0 Å². The highest BCUT2D eigenvalue weighted by molar-refractivity contribution is 7.89. The fourth-order valence-corrected chi connectivity index (χ4v) is 5.80. The van der Waals surface area contributed by atoms with Crippen LogP contribution in [0.2, 0.25) is 5.02 Å². The molecule has 2 aromatic carbocycles. The molecule has 0 spiro atoms. The van der Waals surface area contributed by atoms with Gasteiger partial charge in [-0.3, -0.25) is 4.79 Å². The van der Waals surface area contributed by atoms with Crippen LogP contribution >= 0.6 is 11.6 Å². The molecule has 33 heavy (non-hydrogen) atoms. The molecule has 0 aliphatic rings. The molecule has 0 aliphatic carbocycles. The van der Waals surface area contributed by atoms with E-state index in [4.69, 9.17) is 11.6 Å². The number of rotatable bonds is 10. The first-order chi connectivity index (χ1) is 15.7. The van der Waals surface area contributed by atoms with Gasteiger partial charge in [-0.05, 0) is 43.7 Å². The average molecular weight is 491 g/mol. The van der Waals surface area contributed by atoms with Crippen molar-refractivity contribution in [1.82, 2.24) is 19.2 Å². The van der Waals surface area contributed by atoms with Crippen molar-refractivity contribution in [1.29, 1.82) is 0 Å². The van der Waals surface area contributed by atoms with Crippen molar-refractivity contribution in [2.24, 2.45) is 0 Å². The van der Waals surface area contributed by atoms with Gasteiger partial charge < -0.3 is 9.88 Å². The molecule has 0 unspecified atom stereocenters. The number of hydrogen-bond acceptors (Lipinski definition) is 4. The van der Waals surface area contributed by atoms with Crippen LogP contribution in [0, 0.1) is 0 Å². The maximum absolute atomic E-state index is 12.9. The lowest BCUT2D eigenvalue weighted by Gasteiger charge is -2.18. The molecule has 0 radical (unpaired) electrons. The maximum atomic E-state index is 12.9. The predicted molar refractivity (Wildman–Crippen MR) is 132 cm³/mol. The second-order valence-corrected chi connectivity index (χ2v) is 10.2. The molecule has 3 aromatic rings. The zero-order chi connectivity index (χ0) is 24.2. The molecule has 0 saturated carbocycles. The lowest BCUT2D eigenvalue weighted by atomic mass is 10.1. The molecule has 1 heterocycles. The third-order valence-electron chi connectivity index (χ3n) is 5.78. The maximum Gasteiger partial charge on any atom is 0.243 e. The van der Waals surface area contributed by atoms with Gasteiger partial charge in [-0.25, -0.2) is 13.4 Å². The van der Waals surface area contributed by atoms with E-state index in [1.54, 1.807) is 24.3 Å². The zero-order valence-electron chi connectivity index (χ0n) is 19.5. The fourth-order valence-electron chi connectivity index (χ4n) is 4.02. The normalized spacial score (nSPS) is 12.9. The Kier molecular flexibility index (Phi) is 8.15. The zero-order valence-corrected chi connectivity index (χ0v) is 21.1. The smallest absolute Gasteiger partial charge is 0.243 e. The van der Waals surface area contributed by atoms with Crippen molar-refractivity contribution >= 4 is 38.6 Å². The molecular formula is C24H31ClN4O3S. The Morgan fingerprint density at radius 2 is 1.85 bits per heavy atom. The van der Waals surface area contributed by atoms with Crippen molar-refractivity contribution < 1.29 is 13.2 Å². The molecule has 1 atom stereocenters. The molecule has 0 saturated heterocycles. The Balaban J connectivity index is 1.78. The van der Waals surface area contributed by atoms with E-state index < -0.39 is 10.0 Å². The van der Waals surface area contributed by atoms with E-state index in [1.807, 2.05) is 50.5 Å². The van der Waals surface area contributed by atoms with Gasteiger partial charge in [0.1, 0.15) is 5.82 Å². The molecule has 1 aromatic heterocycles. The number of nitrogens with zero attached hydrogens (tertiary/aromatic N) is 3. The van der Waals surface area contributed by atoms with E-state index in [9.17, 15) is 13.2 Å². The SMILES string of the molecule is CCN(CC)S(=O)(=O)c1ccc2c(c1)nc(CCC(=O)N[C@@H](C)c1ccccc1Cl)n2CC. The summed E-state index contributed by atoms with van der Waals surface area (Å²) in [5.41, 5.74) is 2.34. The van der Waals surface area contributed by atoms with Crippen LogP contribution < -0.4 is 5.32 Å². The molecule has 7 nitrogen and oxygen atoms in total. The van der Waals surface area contributed by atoms with Gasteiger partial charge in [0.2, 0.25) is 15.9 Å². The third-order valence-corrected chi connectivity index (χ3v) is 8.17. The Labute approximate surface area is 200 Å². The van der Waals surface area contributed by atoms with E-state index in [-0.39, 0.29) is 23.3 Å². The van der Waals surface area contributed by atoms with Gasteiger partial charge in [-0.2, -0.15) is 4.31 Å². The van der Waals surface area contributed by atoms with Gasteiger partial charge in [0.25, 0.3) is 0 Å². The third kappa shape index (κ3) is 5.39. The van der Waals surface area contributed by atoms with Crippen LogP contribution in [0.5, 0.6) is 0 Å². The molecule has 1 amide bonds. The monoisotopic (exact) mass is 490 g/mol. The molecular weight excluding hydrogens is 460 g/mol. The summed E-state index contributed by atoms with van der Waals surface area (Å²) < 4.78 is 29.2. The van der Waals surface area contributed by atoms with Crippen molar-refractivity contribution in [3.63, 3.8) is 0 Å². The Morgan fingerprint density at radius 3 is 2.48 bits per heavy atom. The summed E-state index contributed by atoms with van der Waals surface area (Å²) in [6.07, 6.45) is 0.713. The summed E-state index contributed by atoms with van der Waals surface area (Å²) in [4.78, 5) is 17.5. The quantitative estimate of drug-likeness (QED) is 0.452. The lowest BCUT2D eigenvalue weighted by Crippen LogP contribution is -2.30. The predicted octanol–water partition coefficient (Wildman–Crippen LogP) is 4.55. The van der Waals surface area contributed by atoms with Crippen LogP contribution in [0.4, 0.5) is 0 Å². The molecule has 9 heteroatoms. The number of imidazole rings is 1. The number of nitrogens with one attached hydrogen (secondary N) is 1. The van der Waals surface area contributed by atoms with Crippen LogP contribution in [-0.4, -0.2) is 41.3 Å². The summed E-state index contributed by atoms with van der Waals surface area (Å²) in [6.45, 7) is 9.04. The number of halogens is 1. The van der Waals surface area contributed by atoms with Gasteiger partial charge in [0.15, 0.2) is 0 Å². The minimum atomic E-state index is -3.56. The van der Waals surface area contributed by atoms with E-state index in [0.717, 1.165) is 16.9 Å². The number of carbonyl (C=O) groups is 1. The minimum Gasteiger partial charge on any atom is -0.350 e. The van der Waals surface area contributed by atoms with Crippen LogP contribution in [0.3, 0.4) is 0 Å². The first-order valence-electron chi connectivity index (χ1n) is 11.3. The van der Waals surface area contributed by atoms with Crippen molar-refractivity contribution in [3.8, 4) is 0 Å². The van der Waals surface area contributed by atoms with Crippen LogP contribution in [-0.2, 0) is 27.8 Å². The van der Waals surface area contributed by atoms with Crippen molar-refractivity contribution in [3.05, 3.63) is 58.9 Å². The molecule has 1 N–H and O–H groups in total. The summed E-state index contributed by atoms with van der Waals surface area (Å²) in [7, 11) is -3.56. The Bertz CT molecular complexity index is 1240. The first-order valence-corrected chi connectivity index (χ1v) is 13.1. The number of carbonyl (C=O) groups excluding carboxylic acids is 1. The number of amides is 1. The number of fused-ring (bicyclic) bond motifs is 1. The van der Waals surface area contributed by atoms with E-state index in [2.05, 4.69) is 10.3 Å². The van der Waals surface area contributed by atoms with Gasteiger partial charge >= 0.3 is 0 Å². The van der Waals surface area contributed by atoms with Crippen LogP contribution in [0.15, 0.2) is 47.4 Å². The minimum absolute atomic E-state index is 0.0954. The number of benzene rings is 2. The van der Waals surface area contributed by atoms with E-state index in [1.165, 1.54) is 4.31 Å². The summed E-state index contributed by atoms with van der Waals surface area (Å²) >= 11 is 6.23. The molecule has 178 valence electrons. The second-order valence-electron chi connectivity index (χ2n) is 7.82. The molecule has 0 aliphatic heterocycles. The lowest BCUT2D eigenvalue weighted by molar-refractivity contribution is -0.121. The van der Waals surface area contributed by atoms with Gasteiger partial charge in [-0.1, -0.05) is 43.6 Å². The summed E-state index contributed by atoms with van der Waals surface area (Å²) in [5, 5.41) is 3.61. The van der Waals surface area contributed by atoms with Crippen LogP contribution in [0.25, 0.3) is 11.0 Å². The number of hydrogen-bond donors (Lipinski definition) is 1. The summed E-state index contributed by atoms with van der Waals surface area (Å²) in [5.74, 6) is 0.660. The largest absolute Gasteiger partial charge is 0.350 e. The van der Waals surface area contributed by atoms with Crippen molar-refractivity contribution in [2.45, 2.75) is 58.0 Å². The van der Waals surface area contributed by atoms with E-state index >= 15 is 0 Å². The van der Waals surface area contributed by atoms with Crippen molar-refractivity contribution in [2.75, 3.05) is 13.1 Å². The van der Waals surface area contributed by atoms with E-state index in [0.29, 0.717) is 36.6 Å². The Morgan fingerprint density at radius 1 is 1.15 bits per heavy atom. The number of aromatic nitrogens is 2. The second kappa shape index (κ2) is 10.7. The van der Waals surface area contributed by atoms with Gasteiger partial charge in [-0.15, -0.1) is 0 Å². The molecule has 0 bridgehead atoms. The first kappa shape index (κ1) is 25.2. The Hall–Kier alpha value is -2.42. The average Bonchev–Trinajstić information content (AvgIpc) is 3.15. The summed E-state index contributed by atoms with van der Waals surface area (Å²) in [6, 6.07) is 12.3. The highest BCUT2D eigenvalue weighted by Gasteiger charge is 2.23. The standard InChI is InChI=1S/C24H31ClN4O3S/c1-5-28(6-2)33(31,32)18-12-13-22-21(16-18)27-23(29(22)7-3)14-15-24(30)26-17(4)19-10-8-9-11-20(19)25/h8-13,16-17H,5-7,14-15H2,1-4H3,(H,26,30)/t17-/m0/s1. The highest BCUT2D eigenvalue weighted by atomic mass is 35.5. The fraction of sp³-hybridized carbons (Fsp3) is 0.417. The molecule has 0 fully saturated rings. The topological polar surface area (TPSA) is 84.3 Å². The molecule has 3 rings (SSSR count). The highest BCUT2D eigenvalue weighted by Crippen LogP contribution is 2.24. The van der Waals surface area contributed by atoms with Crippen LogP contribution in [0.1, 0.15) is 51.5 Å². The number of sulfonamides is 1.